The van der Waals surface area contributed by atoms with E-state index in [0.29, 0.717) is 0 Å². The first-order chi connectivity index (χ1) is 4.63. The molecule has 0 bridgehead atoms. The third-order valence-electron chi connectivity index (χ3n) is 0.605. The van der Waals surface area contributed by atoms with E-state index in [1.165, 1.54) is 0 Å². The van der Waals surface area contributed by atoms with Crippen LogP contribution in [0.4, 0.5) is 0 Å². The van der Waals surface area contributed by atoms with Gasteiger partial charge in [-0.3, -0.25) is 0 Å². The molecule has 1 N–H and O–H groups in total. The molecule has 1 saturated heterocycles. The Kier molecular flexibility index (Phi) is 6.13. The summed E-state index contributed by atoms with van der Waals surface area (Å²) in [4.78, 5) is 0. The van der Waals surface area contributed by atoms with E-state index in [2.05, 4.69) is 26.1 Å². The molecule has 1 rings (SSSR count). The van der Waals surface area contributed by atoms with Gasteiger partial charge in [0.05, 0.1) is 0 Å². The van der Waals surface area contributed by atoms with Crippen LogP contribution in [0.25, 0.3) is 0 Å². The van der Waals surface area contributed by atoms with Crippen molar-refractivity contribution in [1.82, 2.24) is 5.32 Å². The van der Waals surface area contributed by atoms with Gasteiger partial charge >= 0.3 is 0 Å². The summed E-state index contributed by atoms with van der Waals surface area (Å²) in [6, 6.07) is 0. The minimum Gasteiger partial charge on any atom is -0.370 e. The van der Waals surface area contributed by atoms with Crippen LogP contribution in [0.1, 0.15) is 20.8 Å². The highest BCUT2D eigenvalue weighted by Gasteiger charge is 2.01. The highest BCUT2D eigenvalue weighted by atomic mass is 32.2. The molecule has 0 aromatic rings. The van der Waals surface area contributed by atoms with Crippen LogP contribution in [-0.2, 0) is 0 Å². The van der Waals surface area contributed by atoms with E-state index >= 15 is 0 Å². The van der Waals surface area contributed by atoms with Crippen LogP contribution in [0.15, 0.2) is 0 Å². The number of hydrogen-bond acceptors (Lipinski definition) is 2. The van der Waals surface area contributed by atoms with E-state index in [0.717, 1.165) is 22.5 Å². The number of nitrogens with one attached hydrogen (secondary N) is 1. The van der Waals surface area contributed by atoms with Crippen molar-refractivity contribution in [3.8, 4) is 0 Å². The third-order valence-corrected chi connectivity index (χ3v) is 1.92. The van der Waals surface area contributed by atoms with E-state index in [1.807, 2.05) is 0 Å². The zero-order valence-electron chi connectivity index (χ0n) is 6.81. The molecule has 0 amide bonds. The summed E-state index contributed by atoms with van der Waals surface area (Å²) in [6.45, 7) is 7.56. The summed E-state index contributed by atoms with van der Waals surface area (Å²) in [5, 5.41) is 3.01. The van der Waals surface area contributed by atoms with Crippen LogP contribution in [0.3, 0.4) is 0 Å². The molecule has 0 atom stereocenters. The van der Waals surface area contributed by atoms with Gasteiger partial charge in [0.1, 0.15) is 4.32 Å². The molecule has 0 spiro atoms. The molecule has 10 heavy (non-hydrogen) atoms. The highest BCUT2D eigenvalue weighted by molar-refractivity contribution is 8.23. The maximum atomic E-state index is 4.77. The fourth-order valence-corrected chi connectivity index (χ4v) is 1.29. The normalized spacial score (nSPS) is 16.2. The molecule has 0 aromatic heterocycles. The molecule has 1 aliphatic heterocycles. The van der Waals surface area contributed by atoms with E-state index in [-0.39, 0.29) is 0 Å². The fraction of sp³-hybridized carbons (Fsp3) is 0.857. The zero-order chi connectivity index (χ0) is 7.98. The van der Waals surface area contributed by atoms with Crippen molar-refractivity contribution in [3.05, 3.63) is 0 Å². The van der Waals surface area contributed by atoms with Crippen molar-refractivity contribution in [1.29, 1.82) is 0 Å². The molecule has 0 aliphatic carbocycles. The minimum absolute atomic E-state index is 0.833. The predicted molar refractivity (Wildman–Crippen MR) is 53.6 cm³/mol. The summed E-state index contributed by atoms with van der Waals surface area (Å²) in [5.74, 6) is 1.98. The van der Waals surface area contributed by atoms with Gasteiger partial charge in [-0.2, -0.15) is 0 Å². The van der Waals surface area contributed by atoms with Crippen molar-refractivity contribution in [2.45, 2.75) is 20.8 Å². The molecule has 0 saturated carbocycles. The molecule has 1 heterocycles. The summed E-state index contributed by atoms with van der Waals surface area (Å²) >= 11 is 6.49. The quantitative estimate of drug-likeness (QED) is 0.570. The summed E-state index contributed by atoms with van der Waals surface area (Å²) in [6.07, 6.45) is 0. The van der Waals surface area contributed by atoms with E-state index < -0.39 is 0 Å². The van der Waals surface area contributed by atoms with Gasteiger partial charge in [-0.05, 0) is 5.92 Å². The Bertz CT molecular complexity index is 91.0. The minimum atomic E-state index is 0.833. The number of thioether (sulfide) groups is 1. The lowest BCUT2D eigenvalue weighted by Crippen LogP contribution is -2.09. The molecule has 1 aliphatic rings. The van der Waals surface area contributed by atoms with Crippen molar-refractivity contribution >= 4 is 28.3 Å². The number of thiocarbonyl (C=S) groups is 1. The first-order valence-electron chi connectivity index (χ1n) is 3.53. The Morgan fingerprint density at radius 1 is 1.50 bits per heavy atom. The van der Waals surface area contributed by atoms with Crippen LogP contribution in [0, 0.1) is 5.92 Å². The number of hydrogen-bond donors (Lipinski definition) is 1. The Morgan fingerprint density at radius 2 is 2.00 bits per heavy atom. The number of rotatable bonds is 0. The van der Waals surface area contributed by atoms with Gasteiger partial charge in [0, 0.05) is 12.3 Å². The van der Waals surface area contributed by atoms with E-state index in [1.54, 1.807) is 11.8 Å². The lowest BCUT2D eigenvalue weighted by atomic mass is 10.3. The first kappa shape index (κ1) is 10.2. The van der Waals surface area contributed by atoms with Crippen LogP contribution in [-0.4, -0.2) is 16.6 Å². The second-order valence-electron chi connectivity index (χ2n) is 2.79. The van der Waals surface area contributed by atoms with Crippen molar-refractivity contribution in [2.75, 3.05) is 12.3 Å². The average molecular weight is 177 g/mol. The molecule has 1 nitrogen and oxygen atoms in total. The monoisotopic (exact) mass is 177 g/mol. The van der Waals surface area contributed by atoms with Crippen LogP contribution >= 0.6 is 24.0 Å². The first-order valence-corrected chi connectivity index (χ1v) is 4.93. The Hall–Kier alpha value is 0.240. The SMILES string of the molecule is CC(C)C.S=C1NCCS1. The van der Waals surface area contributed by atoms with Gasteiger partial charge in [-0.1, -0.05) is 44.8 Å². The Balaban J connectivity index is 0.000000180. The standard InChI is InChI=1S/C4H10.C3H5NS2/c1-4(2)3;5-3-4-1-2-6-3/h4H,1-3H3;1-2H2,(H,4,5). The van der Waals surface area contributed by atoms with E-state index in [9.17, 15) is 0 Å². The molecule has 0 aromatic carbocycles. The van der Waals surface area contributed by atoms with Crippen LogP contribution in [0.5, 0.6) is 0 Å². The zero-order valence-corrected chi connectivity index (χ0v) is 8.44. The molecule has 3 heteroatoms. The summed E-state index contributed by atoms with van der Waals surface area (Å²) in [5.41, 5.74) is 0. The third kappa shape index (κ3) is 8.24. The van der Waals surface area contributed by atoms with Gasteiger partial charge in [0.2, 0.25) is 0 Å². The van der Waals surface area contributed by atoms with E-state index in [4.69, 9.17) is 12.2 Å². The second kappa shape index (κ2) is 5.98. The average Bonchev–Trinajstić information content (AvgIpc) is 2.15. The smallest absolute Gasteiger partial charge is 0.133 e. The maximum Gasteiger partial charge on any atom is 0.133 e. The molecular formula is C7H15NS2. The van der Waals surface area contributed by atoms with Crippen LogP contribution < -0.4 is 5.32 Å². The molecule has 0 radical (unpaired) electrons. The van der Waals surface area contributed by atoms with Crippen molar-refractivity contribution < 1.29 is 0 Å². The van der Waals surface area contributed by atoms with Gasteiger partial charge in [-0.25, -0.2) is 0 Å². The molecular weight excluding hydrogens is 162 g/mol. The van der Waals surface area contributed by atoms with Gasteiger partial charge in [0.25, 0.3) is 0 Å². The van der Waals surface area contributed by atoms with Gasteiger partial charge in [0.15, 0.2) is 0 Å². The lowest BCUT2D eigenvalue weighted by molar-refractivity contribution is 0.737. The maximum absolute atomic E-state index is 4.77. The predicted octanol–water partition coefficient (Wildman–Crippen LogP) is 2.27. The highest BCUT2D eigenvalue weighted by Crippen LogP contribution is 2.05. The Labute approximate surface area is 73.0 Å². The molecule has 1 fully saturated rings. The van der Waals surface area contributed by atoms with Gasteiger partial charge in [-0.15, -0.1) is 0 Å². The fourth-order valence-electron chi connectivity index (χ4n) is 0.348. The van der Waals surface area contributed by atoms with Gasteiger partial charge < -0.3 is 5.32 Å². The second-order valence-corrected chi connectivity index (χ2v) is 4.57. The Morgan fingerprint density at radius 3 is 2.10 bits per heavy atom. The largest absolute Gasteiger partial charge is 0.370 e. The van der Waals surface area contributed by atoms with Crippen molar-refractivity contribution in [2.24, 2.45) is 5.92 Å². The molecule has 60 valence electrons. The summed E-state index contributed by atoms with van der Waals surface area (Å²) in [7, 11) is 0. The van der Waals surface area contributed by atoms with Crippen LogP contribution in [0.2, 0.25) is 0 Å². The topological polar surface area (TPSA) is 12.0 Å². The van der Waals surface area contributed by atoms with Crippen molar-refractivity contribution in [3.63, 3.8) is 0 Å². The molecule has 0 unspecified atom stereocenters. The lowest BCUT2D eigenvalue weighted by Gasteiger charge is -1.82. The summed E-state index contributed by atoms with van der Waals surface area (Å²) < 4.78 is 0.954.